The van der Waals surface area contributed by atoms with Crippen LogP contribution in [0.1, 0.15) is 50.1 Å². The van der Waals surface area contributed by atoms with Gasteiger partial charge in [-0.1, -0.05) is 25.5 Å². The number of aromatic nitrogens is 4. The van der Waals surface area contributed by atoms with E-state index in [1.807, 2.05) is 20.0 Å². The molecule has 2 aromatic rings. The summed E-state index contributed by atoms with van der Waals surface area (Å²) in [5.41, 5.74) is 3.63. The SMILES string of the molecule is CCC/C=C\c1c(C)ncnc1-c1cn(C2(CC#N)CN(S(=O)(=O)CC)C2)nc1C. The number of hydrogen-bond donors (Lipinski definition) is 0. The lowest BCUT2D eigenvalue weighted by Gasteiger charge is -2.47. The Kier molecular flexibility index (Phi) is 6.38. The summed E-state index contributed by atoms with van der Waals surface area (Å²) in [6.45, 7) is 8.12. The number of nitriles is 1. The molecule has 9 heteroatoms. The van der Waals surface area contributed by atoms with E-state index in [1.165, 1.54) is 4.31 Å². The Bertz CT molecular complexity index is 1090. The molecule has 30 heavy (non-hydrogen) atoms. The third-order valence-corrected chi connectivity index (χ3v) is 7.35. The highest BCUT2D eigenvalue weighted by molar-refractivity contribution is 7.89. The maximum atomic E-state index is 12.2. The van der Waals surface area contributed by atoms with E-state index in [9.17, 15) is 13.7 Å². The standard InChI is InChI=1S/C21H28N6O2S/c1-5-7-8-9-18-16(3)23-15-24-20(18)19-12-27(25-17(19)4)21(10-11-22)13-26(14-21)30(28,29)6-2/h8-9,12,15H,5-7,10,13-14H2,1-4H3/b9-8-. The quantitative estimate of drug-likeness (QED) is 0.640. The first-order valence-corrected chi connectivity index (χ1v) is 11.8. The van der Waals surface area contributed by atoms with Gasteiger partial charge in [0, 0.05) is 36.1 Å². The molecule has 0 spiro atoms. The third-order valence-electron chi connectivity index (χ3n) is 5.57. The zero-order chi connectivity index (χ0) is 21.9. The first kappa shape index (κ1) is 22.1. The van der Waals surface area contributed by atoms with E-state index in [0.29, 0.717) is 0 Å². The smallest absolute Gasteiger partial charge is 0.213 e. The van der Waals surface area contributed by atoms with Crippen molar-refractivity contribution in [3.8, 4) is 17.3 Å². The lowest BCUT2D eigenvalue weighted by molar-refractivity contribution is 0.0716. The number of allylic oxidation sites excluding steroid dienone is 1. The Morgan fingerprint density at radius 3 is 2.60 bits per heavy atom. The van der Waals surface area contributed by atoms with E-state index in [4.69, 9.17) is 0 Å². The molecule has 0 atom stereocenters. The van der Waals surface area contributed by atoms with Gasteiger partial charge in [0.15, 0.2) is 0 Å². The molecule has 1 aliphatic heterocycles. The van der Waals surface area contributed by atoms with Gasteiger partial charge in [-0.05, 0) is 27.2 Å². The average Bonchev–Trinajstić information content (AvgIpc) is 3.07. The number of rotatable bonds is 8. The molecule has 0 aliphatic carbocycles. The Balaban J connectivity index is 2.00. The molecule has 1 fully saturated rings. The fraction of sp³-hybridized carbons (Fsp3) is 0.524. The van der Waals surface area contributed by atoms with Crippen LogP contribution in [0.15, 0.2) is 18.6 Å². The van der Waals surface area contributed by atoms with Gasteiger partial charge in [-0.2, -0.15) is 14.7 Å². The molecule has 8 nitrogen and oxygen atoms in total. The summed E-state index contributed by atoms with van der Waals surface area (Å²) in [4.78, 5) is 8.84. The summed E-state index contributed by atoms with van der Waals surface area (Å²) in [5.74, 6) is 0.0483. The predicted molar refractivity (Wildman–Crippen MR) is 116 cm³/mol. The van der Waals surface area contributed by atoms with Crippen LogP contribution in [0.3, 0.4) is 0 Å². The Morgan fingerprint density at radius 1 is 1.23 bits per heavy atom. The highest BCUT2D eigenvalue weighted by atomic mass is 32.2. The molecule has 3 rings (SSSR count). The molecule has 0 N–H and O–H groups in total. The molecule has 160 valence electrons. The van der Waals surface area contributed by atoms with Crippen molar-refractivity contribution in [1.82, 2.24) is 24.1 Å². The molecule has 3 heterocycles. The van der Waals surface area contributed by atoms with Gasteiger partial charge in [0.25, 0.3) is 0 Å². The molecular weight excluding hydrogens is 400 g/mol. The molecule has 0 bridgehead atoms. The van der Waals surface area contributed by atoms with E-state index < -0.39 is 15.6 Å². The van der Waals surface area contributed by atoms with Crippen LogP contribution < -0.4 is 0 Å². The van der Waals surface area contributed by atoms with Crippen LogP contribution >= 0.6 is 0 Å². The Morgan fingerprint density at radius 2 is 1.97 bits per heavy atom. The van der Waals surface area contributed by atoms with E-state index in [2.05, 4.69) is 40.2 Å². The zero-order valence-electron chi connectivity index (χ0n) is 18.0. The summed E-state index contributed by atoms with van der Waals surface area (Å²) in [5, 5.41) is 14.0. The lowest BCUT2D eigenvalue weighted by Crippen LogP contribution is -2.64. The van der Waals surface area contributed by atoms with E-state index in [0.717, 1.165) is 41.1 Å². The number of unbranched alkanes of at least 4 members (excludes halogenated alkanes) is 1. The molecule has 0 amide bonds. The van der Waals surface area contributed by atoms with Crippen molar-refractivity contribution in [2.75, 3.05) is 18.8 Å². The maximum Gasteiger partial charge on any atom is 0.213 e. The predicted octanol–water partition coefficient (Wildman–Crippen LogP) is 3.04. The van der Waals surface area contributed by atoms with Crippen LogP contribution in [0.5, 0.6) is 0 Å². The van der Waals surface area contributed by atoms with Crippen molar-refractivity contribution >= 4 is 16.1 Å². The van der Waals surface area contributed by atoms with Crippen LogP contribution in [0.2, 0.25) is 0 Å². The van der Waals surface area contributed by atoms with Crippen molar-refractivity contribution in [3.05, 3.63) is 35.6 Å². The molecule has 0 unspecified atom stereocenters. The van der Waals surface area contributed by atoms with Crippen molar-refractivity contribution in [3.63, 3.8) is 0 Å². The van der Waals surface area contributed by atoms with Gasteiger partial charge in [-0.15, -0.1) is 0 Å². The van der Waals surface area contributed by atoms with E-state index >= 15 is 0 Å². The molecule has 0 radical (unpaired) electrons. The number of aryl methyl sites for hydroxylation is 2. The van der Waals surface area contributed by atoms with E-state index in [1.54, 1.807) is 17.9 Å². The van der Waals surface area contributed by atoms with Gasteiger partial charge in [-0.25, -0.2) is 18.4 Å². The molecule has 0 saturated carbocycles. The molecule has 1 aliphatic rings. The number of hydrogen-bond acceptors (Lipinski definition) is 6. The van der Waals surface area contributed by atoms with Crippen LogP contribution in [0.4, 0.5) is 0 Å². The summed E-state index contributed by atoms with van der Waals surface area (Å²) in [6, 6.07) is 2.20. The summed E-state index contributed by atoms with van der Waals surface area (Å²) >= 11 is 0. The monoisotopic (exact) mass is 428 g/mol. The first-order chi connectivity index (χ1) is 14.3. The highest BCUT2D eigenvalue weighted by Gasteiger charge is 2.50. The maximum absolute atomic E-state index is 12.2. The fourth-order valence-electron chi connectivity index (χ4n) is 3.68. The largest absolute Gasteiger partial charge is 0.262 e. The Labute approximate surface area is 178 Å². The van der Waals surface area contributed by atoms with Crippen LogP contribution in [-0.4, -0.2) is 51.3 Å². The minimum atomic E-state index is -3.29. The topological polar surface area (TPSA) is 105 Å². The Hall–Kier alpha value is -2.57. The second kappa shape index (κ2) is 8.66. The summed E-state index contributed by atoms with van der Waals surface area (Å²) in [7, 11) is -3.29. The van der Waals surface area contributed by atoms with E-state index in [-0.39, 0.29) is 25.3 Å². The molecular formula is C21H28N6O2S. The first-order valence-electron chi connectivity index (χ1n) is 10.2. The number of sulfonamides is 1. The average molecular weight is 429 g/mol. The van der Waals surface area contributed by atoms with Crippen LogP contribution in [0, 0.1) is 25.2 Å². The van der Waals surface area contributed by atoms with Gasteiger partial charge in [0.2, 0.25) is 10.0 Å². The van der Waals surface area contributed by atoms with Crippen molar-refractivity contribution in [2.45, 2.75) is 52.5 Å². The molecule has 2 aromatic heterocycles. The van der Waals surface area contributed by atoms with Gasteiger partial charge in [-0.3, -0.25) is 4.68 Å². The van der Waals surface area contributed by atoms with Crippen LogP contribution in [0.25, 0.3) is 17.3 Å². The van der Waals surface area contributed by atoms with Crippen molar-refractivity contribution in [1.29, 1.82) is 5.26 Å². The van der Waals surface area contributed by atoms with Gasteiger partial charge < -0.3 is 0 Å². The second-order valence-electron chi connectivity index (χ2n) is 7.71. The number of nitrogens with zero attached hydrogens (tertiary/aromatic N) is 6. The second-order valence-corrected chi connectivity index (χ2v) is 9.97. The highest BCUT2D eigenvalue weighted by Crippen LogP contribution is 2.36. The summed E-state index contributed by atoms with van der Waals surface area (Å²) in [6.07, 6.45) is 9.82. The van der Waals surface area contributed by atoms with Crippen molar-refractivity contribution in [2.24, 2.45) is 0 Å². The molecule has 0 aromatic carbocycles. The van der Waals surface area contributed by atoms with Crippen molar-refractivity contribution < 1.29 is 8.42 Å². The zero-order valence-corrected chi connectivity index (χ0v) is 18.8. The van der Waals surface area contributed by atoms with Crippen LogP contribution in [-0.2, 0) is 15.6 Å². The van der Waals surface area contributed by atoms with Gasteiger partial charge in [0.1, 0.15) is 11.9 Å². The fourth-order valence-corrected chi connectivity index (χ4v) is 4.91. The lowest BCUT2D eigenvalue weighted by atomic mass is 9.89. The molecule has 1 saturated heterocycles. The normalized spacial score (nSPS) is 16.5. The van der Waals surface area contributed by atoms with Gasteiger partial charge >= 0.3 is 0 Å². The van der Waals surface area contributed by atoms with Gasteiger partial charge in [0.05, 0.1) is 29.6 Å². The minimum Gasteiger partial charge on any atom is -0.262 e. The summed E-state index contributed by atoms with van der Waals surface area (Å²) < 4.78 is 27.6. The third kappa shape index (κ3) is 4.02. The minimum absolute atomic E-state index is 0.0483.